The minimum atomic E-state index is -0.171. The van der Waals surface area contributed by atoms with Crippen LogP contribution < -0.4 is 15.0 Å². The zero-order valence-corrected chi connectivity index (χ0v) is 17.9. The predicted molar refractivity (Wildman–Crippen MR) is 117 cm³/mol. The molecule has 0 unspecified atom stereocenters. The van der Waals surface area contributed by atoms with Crippen LogP contribution in [0.3, 0.4) is 0 Å². The van der Waals surface area contributed by atoms with Crippen molar-refractivity contribution in [3.8, 4) is 17.4 Å². The standard InChI is InChI=1S/C23H25ClN4O2/c1-3-27(4-2)11-12-28-14-26-23-21(22(28)25)20(15-5-7-16(24)8-6-15)18-10-9-17(29)13-19(18)30-23/h5-10,13-14,20,25,29H,3-4,11-12H2,1-2H3/p+1/t20-/m0/s1. The Morgan fingerprint density at radius 3 is 2.60 bits per heavy atom. The zero-order valence-electron chi connectivity index (χ0n) is 17.2. The summed E-state index contributed by atoms with van der Waals surface area (Å²) in [5.41, 5.74) is 9.46. The van der Waals surface area contributed by atoms with Crippen molar-refractivity contribution in [2.24, 2.45) is 0 Å². The normalized spacial score (nSPS) is 14.9. The Labute approximate surface area is 181 Å². The number of aromatic hydroxyl groups is 1. The van der Waals surface area contributed by atoms with E-state index in [0.29, 0.717) is 22.5 Å². The Hall–Kier alpha value is -2.83. The lowest BCUT2D eigenvalue weighted by atomic mass is 9.83. The van der Waals surface area contributed by atoms with Crippen LogP contribution in [-0.4, -0.2) is 34.6 Å². The van der Waals surface area contributed by atoms with Crippen molar-refractivity contribution in [1.29, 1.82) is 0 Å². The summed E-state index contributed by atoms with van der Waals surface area (Å²) < 4.78 is 8.02. The Bertz CT molecular complexity index is 1050. The third-order valence-electron chi connectivity index (χ3n) is 5.69. The van der Waals surface area contributed by atoms with E-state index in [4.69, 9.17) is 22.1 Å². The van der Waals surface area contributed by atoms with E-state index in [2.05, 4.69) is 23.7 Å². The quantitative estimate of drug-likeness (QED) is 0.458. The minimum absolute atomic E-state index is 0.144. The summed E-state index contributed by atoms with van der Waals surface area (Å²) >= 11 is 6.12. The van der Waals surface area contributed by atoms with Crippen LogP contribution in [0.2, 0.25) is 5.02 Å². The van der Waals surface area contributed by atoms with Gasteiger partial charge in [-0.2, -0.15) is 0 Å². The van der Waals surface area contributed by atoms with Crippen LogP contribution in [0.25, 0.3) is 0 Å². The van der Waals surface area contributed by atoms with Crippen LogP contribution in [-0.2, 0) is 6.54 Å². The van der Waals surface area contributed by atoms with Gasteiger partial charge in [-0.15, -0.1) is 0 Å². The topological polar surface area (TPSA) is 75.5 Å². The number of ether oxygens (including phenoxy) is 1. The van der Waals surface area contributed by atoms with Crippen LogP contribution in [0.1, 0.15) is 36.5 Å². The summed E-state index contributed by atoms with van der Waals surface area (Å²) in [5.74, 6) is 1.64. The van der Waals surface area contributed by atoms with Gasteiger partial charge in [0.2, 0.25) is 12.1 Å². The number of rotatable bonds is 6. The molecule has 1 aromatic heterocycles. The molecular weight excluding hydrogens is 400 g/mol. The number of nitrogens with two attached hydrogens (primary N) is 1. The molecule has 2 aromatic carbocycles. The molecular formula is C23H26ClN4O2+. The summed E-state index contributed by atoms with van der Waals surface area (Å²) in [6.07, 6.45) is 1.73. The molecule has 3 aromatic rings. The molecule has 1 atom stereocenters. The molecule has 0 bridgehead atoms. The van der Waals surface area contributed by atoms with Gasteiger partial charge in [-0.3, -0.25) is 0 Å². The number of hydrogen-bond donors (Lipinski definition) is 2. The average Bonchev–Trinajstić information content (AvgIpc) is 2.75. The number of phenolic OH excluding ortho intramolecular Hbond substituents is 1. The predicted octanol–water partition coefficient (Wildman–Crippen LogP) is 3.94. The summed E-state index contributed by atoms with van der Waals surface area (Å²) in [6, 6.07) is 12.9. The van der Waals surface area contributed by atoms with Gasteiger partial charge in [-0.05, 0) is 36.9 Å². The van der Waals surface area contributed by atoms with Crippen molar-refractivity contribution >= 4 is 17.4 Å². The number of aromatic nitrogens is 2. The van der Waals surface area contributed by atoms with E-state index in [0.717, 1.165) is 42.9 Å². The van der Waals surface area contributed by atoms with Crippen molar-refractivity contribution in [2.45, 2.75) is 26.3 Å². The van der Waals surface area contributed by atoms with Crippen LogP contribution in [0.15, 0.2) is 48.8 Å². The summed E-state index contributed by atoms with van der Waals surface area (Å²) in [7, 11) is 0. The molecule has 1 aliphatic rings. The summed E-state index contributed by atoms with van der Waals surface area (Å²) in [4.78, 5) is 6.91. The second kappa shape index (κ2) is 8.50. The molecule has 0 saturated heterocycles. The maximum absolute atomic E-state index is 9.95. The smallest absolute Gasteiger partial charge is 0.306 e. The molecule has 6 nitrogen and oxygen atoms in total. The van der Waals surface area contributed by atoms with Gasteiger partial charge in [0, 0.05) is 23.2 Å². The number of nitrogens with zero attached hydrogens (tertiary/aromatic N) is 3. The fourth-order valence-electron chi connectivity index (χ4n) is 3.95. The molecule has 4 rings (SSSR count). The molecule has 2 heterocycles. The van der Waals surface area contributed by atoms with Gasteiger partial charge in [-0.1, -0.05) is 48.6 Å². The van der Waals surface area contributed by atoms with Gasteiger partial charge in [0.15, 0.2) is 0 Å². The van der Waals surface area contributed by atoms with E-state index in [1.807, 2.05) is 34.9 Å². The Morgan fingerprint density at radius 2 is 1.90 bits per heavy atom. The van der Waals surface area contributed by atoms with Gasteiger partial charge in [0.1, 0.15) is 17.1 Å². The number of halogens is 1. The van der Waals surface area contributed by atoms with E-state index < -0.39 is 0 Å². The number of anilines is 1. The third-order valence-corrected chi connectivity index (χ3v) is 5.94. The first kappa shape index (κ1) is 20.4. The first-order valence-corrected chi connectivity index (χ1v) is 10.6. The highest BCUT2D eigenvalue weighted by atomic mass is 35.5. The molecule has 3 N–H and O–H groups in total. The second-order valence-electron chi connectivity index (χ2n) is 7.38. The zero-order chi connectivity index (χ0) is 21.3. The van der Waals surface area contributed by atoms with Crippen molar-refractivity contribution in [2.75, 3.05) is 25.4 Å². The summed E-state index contributed by atoms with van der Waals surface area (Å²) in [6.45, 7) is 7.91. The fraction of sp³-hybridized carbons (Fsp3) is 0.304. The maximum atomic E-state index is 9.95. The molecule has 0 radical (unpaired) electrons. The van der Waals surface area contributed by atoms with Gasteiger partial charge >= 0.3 is 5.88 Å². The number of likely N-dealkylation sites (N-methyl/N-ethyl adjacent to an activating group) is 1. The highest BCUT2D eigenvalue weighted by molar-refractivity contribution is 6.30. The van der Waals surface area contributed by atoms with Crippen molar-refractivity contribution < 1.29 is 14.4 Å². The van der Waals surface area contributed by atoms with Crippen LogP contribution in [0, 0.1) is 0 Å². The van der Waals surface area contributed by atoms with Crippen molar-refractivity contribution in [1.82, 2.24) is 9.88 Å². The third kappa shape index (κ3) is 3.80. The first-order valence-electron chi connectivity index (χ1n) is 10.2. The SMILES string of the molecule is CCN(CC)CC[n+]1cnc2c(c1N)[C@@H](c1ccc(Cl)cc1)c1ccc(O)cc1O2. The molecule has 0 fully saturated rings. The minimum Gasteiger partial charge on any atom is -0.508 e. The van der Waals surface area contributed by atoms with Crippen molar-refractivity contribution in [3.05, 3.63) is 70.5 Å². The first-order chi connectivity index (χ1) is 14.5. The van der Waals surface area contributed by atoms with E-state index in [1.165, 1.54) is 0 Å². The van der Waals surface area contributed by atoms with Gasteiger partial charge < -0.3 is 20.5 Å². The monoisotopic (exact) mass is 425 g/mol. The van der Waals surface area contributed by atoms with E-state index in [1.54, 1.807) is 18.5 Å². The molecule has 0 spiro atoms. The number of benzene rings is 2. The molecule has 0 amide bonds. The van der Waals surface area contributed by atoms with Crippen LogP contribution in [0.5, 0.6) is 17.4 Å². The van der Waals surface area contributed by atoms with Crippen LogP contribution >= 0.6 is 11.6 Å². The summed E-state index contributed by atoms with van der Waals surface area (Å²) in [5, 5.41) is 10.6. The highest BCUT2D eigenvalue weighted by Crippen LogP contribution is 2.48. The lowest BCUT2D eigenvalue weighted by Gasteiger charge is -2.27. The van der Waals surface area contributed by atoms with Crippen LogP contribution in [0.4, 0.5) is 5.82 Å². The Morgan fingerprint density at radius 1 is 1.17 bits per heavy atom. The van der Waals surface area contributed by atoms with Crippen molar-refractivity contribution in [3.63, 3.8) is 0 Å². The van der Waals surface area contributed by atoms with E-state index in [-0.39, 0.29) is 11.7 Å². The highest BCUT2D eigenvalue weighted by Gasteiger charge is 2.36. The van der Waals surface area contributed by atoms with Gasteiger partial charge in [0.25, 0.3) is 0 Å². The second-order valence-corrected chi connectivity index (χ2v) is 7.81. The van der Waals surface area contributed by atoms with E-state index in [9.17, 15) is 5.11 Å². The molecule has 30 heavy (non-hydrogen) atoms. The largest absolute Gasteiger partial charge is 0.508 e. The molecule has 1 aliphatic heterocycles. The molecule has 0 aliphatic carbocycles. The maximum Gasteiger partial charge on any atom is 0.306 e. The number of fused-ring (bicyclic) bond motifs is 2. The lowest BCUT2D eigenvalue weighted by molar-refractivity contribution is -0.685. The fourth-order valence-corrected chi connectivity index (χ4v) is 4.08. The lowest BCUT2D eigenvalue weighted by Crippen LogP contribution is -2.44. The number of hydrogen-bond acceptors (Lipinski definition) is 5. The number of phenols is 1. The molecule has 7 heteroatoms. The number of nitrogen functional groups attached to an aromatic ring is 1. The van der Waals surface area contributed by atoms with Gasteiger partial charge in [0.05, 0.1) is 12.5 Å². The van der Waals surface area contributed by atoms with E-state index >= 15 is 0 Å². The average molecular weight is 426 g/mol. The Kier molecular flexibility index (Phi) is 5.79. The van der Waals surface area contributed by atoms with Gasteiger partial charge in [-0.25, -0.2) is 4.57 Å². The Balaban J connectivity index is 1.81. The molecule has 156 valence electrons. The molecule has 0 saturated carbocycles.